The van der Waals surface area contributed by atoms with E-state index in [1.165, 1.54) is 43.0 Å². The molecule has 3 unspecified atom stereocenters. The van der Waals surface area contributed by atoms with Crippen LogP contribution < -0.4 is 0 Å². The van der Waals surface area contributed by atoms with Crippen LogP contribution in [0.1, 0.15) is 56.1 Å². The molecule has 22 heavy (non-hydrogen) atoms. The third-order valence-corrected chi connectivity index (χ3v) is 7.40. The highest BCUT2D eigenvalue weighted by molar-refractivity contribution is 5.84. The molecule has 2 fully saturated rings. The van der Waals surface area contributed by atoms with Gasteiger partial charge in [-0.2, -0.15) is 0 Å². The van der Waals surface area contributed by atoms with E-state index in [-0.39, 0.29) is 11.5 Å². The van der Waals surface area contributed by atoms with Gasteiger partial charge in [0.05, 0.1) is 6.10 Å². The molecule has 1 aromatic carbocycles. The highest BCUT2D eigenvalue weighted by atomic mass is 16.3. The second kappa shape index (κ2) is 4.38. The molecular formula is C20H25NO. The Morgan fingerprint density at radius 2 is 2.05 bits per heavy atom. The Morgan fingerprint density at radius 3 is 2.95 bits per heavy atom. The predicted molar refractivity (Wildman–Crippen MR) is 88.9 cm³/mol. The average Bonchev–Trinajstić information content (AvgIpc) is 3.12. The third kappa shape index (κ3) is 1.54. The highest BCUT2D eigenvalue weighted by Crippen LogP contribution is 2.61. The number of rotatable bonds is 0. The van der Waals surface area contributed by atoms with Gasteiger partial charge in [0.2, 0.25) is 0 Å². The Labute approximate surface area is 131 Å². The summed E-state index contributed by atoms with van der Waals surface area (Å²) in [6.07, 6.45) is 9.26. The van der Waals surface area contributed by atoms with Gasteiger partial charge in [0.1, 0.15) is 0 Å². The van der Waals surface area contributed by atoms with Crippen molar-refractivity contribution in [1.29, 1.82) is 0 Å². The van der Waals surface area contributed by atoms with Crippen molar-refractivity contribution >= 4 is 10.9 Å². The molecule has 0 radical (unpaired) electrons. The van der Waals surface area contributed by atoms with Crippen LogP contribution in [0.4, 0.5) is 0 Å². The van der Waals surface area contributed by atoms with E-state index >= 15 is 0 Å². The molecule has 0 saturated heterocycles. The largest absolute Gasteiger partial charge is 0.393 e. The van der Waals surface area contributed by atoms with Gasteiger partial charge in [-0.25, -0.2) is 0 Å². The molecule has 0 bridgehead atoms. The molecule has 0 spiro atoms. The number of aliphatic hydroxyl groups is 1. The Hall–Kier alpha value is -1.28. The van der Waals surface area contributed by atoms with Gasteiger partial charge in [-0.3, -0.25) is 0 Å². The zero-order chi connectivity index (χ0) is 14.9. The molecule has 3 aliphatic rings. The number of aliphatic hydroxyl groups excluding tert-OH is 1. The third-order valence-electron chi connectivity index (χ3n) is 7.40. The summed E-state index contributed by atoms with van der Waals surface area (Å²) < 4.78 is 0. The molecule has 1 aromatic heterocycles. The van der Waals surface area contributed by atoms with Crippen molar-refractivity contribution in [2.24, 2.45) is 17.3 Å². The molecule has 3 aliphatic carbocycles. The summed E-state index contributed by atoms with van der Waals surface area (Å²) in [6.45, 7) is 2.36. The number of nitrogens with one attached hydrogen (secondary N) is 1. The lowest BCUT2D eigenvalue weighted by Crippen LogP contribution is -2.43. The van der Waals surface area contributed by atoms with E-state index in [2.05, 4.69) is 36.3 Å². The number of hydrogen-bond donors (Lipinski definition) is 2. The van der Waals surface area contributed by atoms with Crippen molar-refractivity contribution in [2.45, 2.75) is 57.5 Å². The van der Waals surface area contributed by atoms with Crippen molar-refractivity contribution < 1.29 is 5.11 Å². The van der Waals surface area contributed by atoms with Crippen LogP contribution in [0.2, 0.25) is 0 Å². The van der Waals surface area contributed by atoms with Crippen molar-refractivity contribution in [1.82, 2.24) is 4.98 Å². The van der Waals surface area contributed by atoms with Crippen LogP contribution in [0.5, 0.6) is 0 Å². The lowest BCUT2D eigenvalue weighted by atomic mass is 9.55. The van der Waals surface area contributed by atoms with Crippen LogP contribution in [-0.2, 0) is 6.42 Å². The smallest absolute Gasteiger partial charge is 0.0596 e. The summed E-state index contributed by atoms with van der Waals surface area (Å²) in [5, 5.41) is 11.9. The minimum Gasteiger partial charge on any atom is -0.393 e. The van der Waals surface area contributed by atoms with Gasteiger partial charge >= 0.3 is 0 Å². The standard InChI is InChI=1S/C20H25NO/c1-20-10-8-14-12-4-6-18-16(9-11-21-18)13(12)2-3-15(14)17(20)5-7-19(20)22/h4,6,9,11,14-15,17,19,21-22H,2-3,5,7-8,10H2,1H3/t14?,15?,17?,19-,20-/m0/s1. The first-order valence-electron chi connectivity index (χ1n) is 8.95. The van der Waals surface area contributed by atoms with Crippen molar-refractivity contribution in [2.75, 3.05) is 0 Å². The number of fused-ring (bicyclic) bond motifs is 7. The minimum absolute atomic E-state index is 0.0630. The minimum atomic E-state index is -0.0630. The zero-order valence-electron chi connectivity index (χ0n) is 13.3. The maximum atomic E-state index is 10.5. The van der Waals surface area contributed by atoms with Crippen LogP contribution in [0.3, 0.4) is 0 Å². The fourth-order valence-electron chi connectivity index (χ4n) is 6.20. The lowest BCUT2D eigenvalue weighted by molar-refractivity contribution is -0.0225. The van der Waals surface area contributed by atoms with Gasteiger partial charge in [0.15, 0.2) is 0 Å². The number of hydrogen-bond acceptors (Lipinski definition) is 1. The first-order chi connectivity index (χ1) is 10.7. The topological polar surface area (TPSA) is 36.0 Å². The molecule has 1 heterocycles. The Bertz CT molecular complexity index is 732. The molecular weight excluding hydrogens is 270 g/mol. The normalized spacial score (nSPS) is 40.3. The van der Waals surface area contributed by atoms with Crippen LogP contribution in [-0.4, -0.2) is 16.2 Å². The van der Waals surface area contributed by atoms with E-state index in [9.17, 15) is 5.11 Å². The molecule has 0 amide bonds. The molecule has 5 atom stereocenters. The van der Waals surface area contributed by atoms with Gasteiger partial charge in [-0.1, -0.05) is 13.0 Å². The summed E-state index contributed by atoms with van der Waals surface area (Å²) in [7, 11) is 0. The van der Waals surface area contributed by atoms with E-state index in [4.69, 9.17) is 0 Å². The summed E-state index contributed by atoms with van der Waals surface area (Å²) in [4.78, 5) is 3.36. The van der Waals surface area contributed by atoms with E-state index in [0.29, 0.717) is 0 Å². The van der Waals surface area contributed by atoms with Gasteiger partial charge in [0.25, 0.3) is 0 Å². The maximum Gasteiger partial charge on any atom is 0.0596 e. The van der Waals surface area contributed by atoms with Crippen LogP contribution in [0.25, 0.3) is 10.9 Å². The summed E-state index contributed by atoms with van der Waals surface area (Å²) in [5.74, 6) is 2.25. The monoisotopic (exact) mass is 295 g/mol. The number of aromatic amines is 1. The van der Waals surface area contributed by atoms with E-state index in [1.807, 2.05) is 0 Å². The molecule has 0 aliphatic heterocycles. The number of benzene rings is 1. The zero-order valence-corrected chi connectivity index (χ0v) is 13.3. The second-order valence-corrected chi connectivity index (χ2v) is 8.13. The van der Waals surface area contributed by atoms with Gasteiger partial charge in [-0.05, 0) is 85.0 Å². The SMILES string of the molecule is C[C@]12CCC3c4ccc5[nH]ccc5c4CCC3C1CC[C@@H]2O. The number of aromatic nitrogens is 1. The second-order valence-electron chi connectivity index (χ2n) is 8.13. The summed E-state index contributed by atoms with van der Waals surface area (Å²) >= 11 is 0. The first kappa shape index (κ1) is 13.2. The quantitative estimate of drug-likeness (QED) is 0.743. The Balaban J connectivity index is 1.59. The van der Waals surface area contributed by atoms with Gasteiger partial charge < -0.3 is 10.1 Å². The van der Waals surface area contributed by atoms with Crippen molar-refractivity contribution in [3.05, 3.63) is 35.5 Å². The van der Waals surface area contributed by atoms with Crippen LogP contribution in [0.15, 0.2) is 24.4 Å². The molecule has 2 N–H and O–H groups in total. The van der Waals surface area contributed by atoms with Gasteiger partial charge in [-0.15, -0.1) is 0 Å². The highest BCUT2D eigenvalue weighted by Gasteiger charge is 2.54. The van der Waals surface area contributed by atoms with Crippen LogP contribution >= 0.6 is 0 Å². The van der Waals surface area contributed by atoms with Crippen LogP contribution in [0, 0.1) is 17.3 Å². The maximum absolute atomic E-state index is 10.5. The average molecular weight is 295 g/mol. The molecule has 116 valence electrons. The van der Waals surface area contributed by atoms with E-state index in [1.54, 1.807) is 11.1 Å². The molecule has 2 heteroatoms. The Morgan fingerprint density at radius 1 is 1.14 bits per heavy atom. The molecule has 2 nitrogen and oxygen atoms in total. The lowest BCUT2D eigenvalue weighted by Gasteiger charge is -2.50. The first-order valence-corrected chi connectivity index (χ1v) is 8.95. The van der Waals surface area contributed by atoms with E-state index < -0.39 is 0 Å². The molecule has 2 saturated carbocycles. The number of H-pyrrole nitrogens is 1. The fourth-order valence-corrected chi connectivity index (χ4v) is 6.20. The number of aryl methyl sites for hydroxylation is 1. The fraction of sp³-hybridized carbons (Fsp3) is 0.600. The predicted octanol–water partition coefficient (Wildman–Crippen LogP) is 4.38. The van der Waals surface area contributed by atoms with E-state index in [0.717, 1.165) is 24.2 Å². The Kier molecular flexibility index (Phi) is 2.63. The summed E-state index contributed by atoms with van der Waals surface area (Å²) in [6, 6.07) is 6.91. The summed E-state index contributed by atoms with van der Waals surface area (Å²) in [5.41, 5.74) is 4.69. The molecule has 2 aromatic rings. The molecule has 5 rings (SSSR count). The van der Waals surface area contributed by atoms with Crippen molar-refractivity contribution in [3.63, 3.8) is 0 Å². The van der Waals surface area contributed by atoms with Gasteiger partial charge in [0, 0.05) is 17.1 Å². The van der Waals surface area contributed by atoms with Crippen molar-refractivity contribution in [3.8, 4) is 0 Å².